The van der Waals surface area contributed by atoms with Crippen LogP contribution in [0.3, 0.4) is 0 Å². The molecule has 0 bridgehead atoms. The molecule has 1 heterocycles. The van der Waals surface area contributed by atoms with Crippen molar-refractivity contribution in [3.8, 4) is 0 Å². The van der Waals surface area contributed by atoms with Crippen LogP contribution in [0.4, 0.5) is 0 Å². The van der Waals surface area contributed by atoms with Crippen molar-refractivity contribution in [1.82, 2.24) is 4.98 Å². The van der Waals surface area contributed by atoms with E-state index in [-0.39, 0.29) is 0 Å². The third kappa shape index (κ3) is 1.94. The summed E-state index contributed by atoms with van der Waals surface area (Å²) < 4.78 is 2.89. The Morgan fingerprint density at radius 3 is 2.71 bits per heavy atom. The van der Waals surface area contributed by atoms with Crippen LogP contribution in [-0.2, 0) is 0 Å². The summed E-state index contributed by atoms with van der Waals surface area (Å²) in [6, 6.07) is 3.93. The largest absolute Gasteiger partial charge is 0.254 e. The summed E-state index contributed by atoms with van der Waals surface area (Å²) in [5.74, 6) is 0. The second-order valence-corrected chi connectivity index (χ2v) is 6.01. The van der Waals surface area contributed by atoms with Gasteiger partial charge in [-0.15, -0.1) is 0 Å². The first-order chi connectivity index (χ1) is 6.59. The van der Waals surface area contributed by atoms with Crippen LogP contribution < -0.4 is 0 Å². The summed E-state index contributed by atoms with van der Waals surface area (Å²) >= 11 is 15.2. The van der Waals surface area contributed by atoms with Gasteiger partial charge < -0.3 is 0 Å². The summed E-state index contributed by atoms with van der Waals surface area (Å²) in [6.45, 7) is 0. The van der Waals surface area contributed by atoms with Gasteiger partial charge in [0.15, 0.2) is 0 Å². The minimum absolute atomic E-state index is 0.748. The minimum atomic E-state index is 0.748. The summed E-state index contributed by atoms with van der Waals surface area (Å²) in [7, 11) is 0. The molecule has 0 atom stereocenters. The molecule has 2 rings (SSSR count). The fourth-order valence-corrected chi connectivity index (χ4v) is 3.12. The summed E-state index contributed by atoms with van der Waals surface area (Å²) in [5, 5.41) is 1.71. The molecule has 1 nitrogen and oxygen atoms in total. The van der Waals surface area contributed by atoms with E-state index in [9.17, 15) is 0 Å². The topological polar surface area (TPSA) is 12.9 Å². The Bertz CT molecular complexity index is 516. The molecule has 5 heteroatoms. The molecule has 0 radical (unpaired) electrons. The zero-order valence-corrected chi connectivity index (χ0v) is 12.8. The van der Waals surface area contributed by atoms with Gasteiger partial charge in [0, 0.05) is 20.5 Å². The Hall–Kier alpha value is 0.610. The van der Waals surface area contributed by atoms with E-state index in [4.69, 9.17) is 11.6 Å². The van der Waals surface area contributed by atoms with E-state index in [1.165, 1.54) is 0 Å². The van der Waals surface area contributed by atoms with Gasteiger partial charge in [-0.1, -0.05) is 27.5 Å². The lowest BCUT2D eigenvalue weighted by atomic mass is 10.2. The Morgan fingerprint density at radius 2 is 2.00 bits per heavy atom. The number of hydrogen-bond acceptors (Lipinski definition) is 1. The van der Waals surface area contributed by atoms with E-state index in [2.05, 4.69) is 59.4 Å². The maximum absolute atomic E-state index is 6.18. The quantitative estimate of drug-likeness (QED) is 0.517. The lowest BCUT2D eigenvalue weighted by Crippen LogP contribution is -1.85. The molecule has 0 saturated carbocycles. The van der Waals surface area contributed by atoms with Crippen LogP contribution >= 0.6 is 66.1 Å². The van der Waals surface area contributed by atoms with Crippen molar-refractivity contribution in [2.24, 2.45) is 0 Å². The van der Waals surface area contributed by atoms with Crippen molar-refractivity contribution in [3.05, 3.63) is 35.9 Å². The molecule has 0 unspecified atom stereocenters. The van der Waals surface area contributed by atoms with Crippen LogP contribution in [0.15, 0.2) is 27.3 Å². The van der Waals surface area contributed by atoms with Gasteiger partial charge in [-0.05, 0) is 50.7 Å². The standard InChI is InChI=1S/C9H3Br2ClIN/c10-4-1-5-8(12)7(13)3-14-9(5)6(11)2-4/h1-3H. The van der Waals surface area contributed by atoms with E-state index < -0.39 is 0 Å². The van der Waals surface area contributed by atoms with E-state index in [1.54, 1.807) is 6.20 Å². The predicted octanol–water partition coefficient (Wildman–Crippen LogP) is 5.02. The third-order valence-corrected chi connectivity index (χ3v) is 4.39. The summed E-state index contributed by atoms with van der Waals surface area (Å²) in [5.41, 5.74) is 0.888. The van der Waals surface area contributed by atoms with Crippen molar-refractivity contribution in [1.29, 1.82) is 0 Å². The van der Waals surface area contributed by atoms with Gasteiger partial charge in [0.1, 0.15) is 0 Å². The molecule has 0 spiro atoms. The van der Waals surface area contributed by atoms with E-state index in [1.807, 2.05) is 12.1 Å². The number of hydrogen-bond donors (Lipinski definition) is 0. The van der Waals surface area contributed by atoms with Gasteiger partial charge >= 0.3 is 0 Å². The maximum atomic E-state index is 6.18. The molecule has 0 saturated heterocycles. The monoisotopic (exact) mass is 445 g/mol. The highest BCUT2D eigenvalue weighted by Crippen LogP contribution is 2.33. The lowest BCUT2D eigenvalue weighted by molar-refractivity contribution is 1.37. The van der Waals surface area contributed by atoms with Gasteiger partial charge in [0.05, 0.1) is 14.1 Å². The van der Waals surface area contributed by atoms with Crippen molar-refractivity contribution in [2.45, 2.75) is 0 Å². The Balaban J connectivity index is 2.95. The number of aromatic nitrogens is 1. The first kappa shape index (κ1) is 11.1. The molecule has 0 aliphatic rings. The average molecular weight is 447 g/mol. The van der Waals surface area contributed by atoms with Crippen LogP contribution in [0.1, 0.15) is 0 Å². The minimum Gasteiger partial charge on any atom is -0.254 e. The zero-order chi connectivity index (χ0) is 10.3. The van der Waals surface area contributed by atoms with Crippen molar-refractivity contribution in [3.63, 3.8) is 0 Å². The normalized spacial score (nSPS) is 10.9. The highest BCUT2D eigenvalue weighted by molar-refractivity contribution is 14.1. The van der Waals surface area contributed by atoms with Crippen molar-refractivity contribution in [2.75, 3.05) is 0 Å². The van der Waals surface area contributed by atoms with E-state index in [0.717, 1.165) is 28.4 Å². The number of rotatable bonds is 0. The molecule has 14 heavy (non-hydrogen) atoms. The zero-order valence-electron chi connectivity index (χ0n) is 6.69. The first-order valence-corrected chi connectivity index (χ1v) is 6.72. The van der Waals surface area contributed by atoms with Gasteiger partial charge in [0.2, 0.25) is 0 Å². The van der Waals surface area contributed by atoms with Gasteiger partial charge in [-0.25, -0.2) is 0 Å². The van der Waals surface area contributed by atoms with Gasteiger partial charge in [0.25, 0.3) is 0 Å². The SMILES string of the molecule is Clc1c(I)cnc2c(Br)cc(Br)cc12. The first-order valence-electron chi connectivity index (χ1n) is 3.68. The molecular weight excluding hydrogens is 444 g/mol. The summed E-state index contributed by atoms with van der Waals surface area (Å²) in [6.07, 6.45) is 1.77. The smallest absolute Gasteiger partial charge is 0.0860 e. The fraction of sp³-hybridized carbons (Fsp3) is 0. The summed E-state index contributed by atoms with van der Waals surface area (Å²) in [4.78, 5) is 4.32. The molecule has 0 fully saturated rings. The van der Waals surface area contributed by atoms with Crippen LogP contribution in [0.25, 0.3) is 10.9 Å². The Morgan fingerprint density at radius 1 is 1.29 bits per heavy atom. The van der Waals surface area contributed by atoms with Crippen LogP contribution in [-0.4, -0.2) is 4.98 Å². The Labute approximate surface area is 117 Å². The van der Waals surface area contributed by atoms with Crippen molar-refractivity contribution < 1.29 is 0 Å². The van der Waals surface area contributed by atoms with Crippen LogP contribution in [0, 0.1) is 3.57 Å². The number of fused-ring (bicyclic) bond motifs is 1. The van der Waals surface area contributed by atoms with Gasteiger partial charge in [-0.2, -0.15) is 0 Å². The number of halogens is 4. The molecule has 0 aliphatic carbocycles. The molecule has 1 aromatic carbocycles. The molecule has 1 aromatic heterocycles. The van der Waals surface area contributed by atoms with E-state index >= 15 is 0 Å². The number of nitrogens with zero attached hydrogens (tertiary/aromatic N) is 1. The Kier molecular flexibility index (Phi) is 3.36. The van der Waals surface area contributed by atoms with Crippen molar-refractivity contribution >= 4 is 77.0 Å². The number of pyridine rings is 1. The lowest BCUT2D eigenvalue weighted by Gasteiger charge is -2.04. The molecular formula is C9H3Br2ClIN. The van der Waals surface area contributed by atoms with Gasteiger partial charge in [-0.3, -0.25) is 4.98 Å². The maximum Gasteiger partial charge on any atom is 0.0860 e. The molecule has 0 N–H and O–H groups in total. The molecule has 2 aromatic rings. The average Bonchev–Trinajstić information content (AvgIpc) is 2.12. The second-order valence-electron chi connectivity index (χ2n) is 2.70. The van der Waals surface area contributed by atoms with E-state index in [0.29, 0.717) is 0 Å². The second kappa shape index (κ2) is 4.23. The molecule has 72 valence electrons. The third-order valence-electron chi connectivity index (χ3n) is 1.78. The highest BCUT2D eigenvalue weighted by Gasteiger charge is 2.08. The molecule has 0 aliphatic heterocycles. The highest BCUT2D eigenvalue weighted by atomic mass is 127. The predicted molar refractivity (Wildman–Crippen MR) is 74.9 cm³/mol. The molecule has 0 amide bonds. The van der Waals surface area contributed by atoms with Crippen LogP contribution in [0.5, 0.6) is 0 Å². The number of benzene rings is 1. The van der Waals surface area contributed by atoms with Crippen LogP contribution in [0.2, 0.25) is 5.02 Å². The fourth-order valence-electron chi connectivity index (χ4n) is 1.17.